The van der Waals surface area contributed by atoms with Crippen LogP contribution in [0.4, 0.5) is 0 Å². The van der Waals surface area contributed by atoms with Crippen LogP contribution in [-0.4, -0.2) is 0 Å². The predicted molar refractivity (Wildman–Crippen MR) is 73.4 cm³/mol. The highest BCUT2D eigenvalue weighted by Gasteiger charge is 1.87. The van der Waals surface area contributed by atoms with Gasteiger partial charge in [0.25, 0.3) is 0 Å². The largest absolute Gasteiger partial charge is 0.0871 e. The lowest BCUT2D eigenvalue weighted by Gasteiger charge is -1.96. The molecule has 1 aromatic carbocycles. The van der Waals surface area contributed by atoms with Gasteiger partial charge in [-0.2, -0.15) is 0 Å². The predicted octanol–water partition coefficient (Wildman–Crippen LogP) is 4.92. The molecule has 84 valence electrons. The molecule has 0 radical (unpaired) electrons. The van der Waals surface area contributed by atoms with Gasteiger partial charge in [0.05, 0.1) is 0 Å². The molecule has 0 nitrogen and oxygen atoms in total. The van der Waals surface area contributed by atoms with E-state index in [1.165, 1.54) is 16.7 Å². The first-order valence-corrected chi connectivity index (χ1v) is 5.84. The fourth-order valence-electron chi connectivity index (χ4n) is 1.49. The van der Waals surface area contributed by atoms with Gasteiger partial charge in [-0.05, 0) is 31.4 Å². The zero-order valence-corrected chi connectivity index (χ0v) is 10.4. The summed E-state index contributed by atoms with van der Waals surface area (Å²) in [6.07, 6.45) is 11.8. The number of benzene rings is 1. The van der Waals surface area contributed by atoms with Crippen molar-refractivity contribution in [1.82, 2.24) is 0 Å². The first-order valence-electron chi connectivity index (χ1n) is 5.84. The van der Waals surface area contributed by atoms with Crippen LogP contribution in [0, 0.1) is 6.92 Å². The molecule has 0 aromatic heterocycles. The number of rotatable bonds is 4. The molecule has 0 saturated carbocycles. The molecule has 1 aromatic rings. The van der Waals surface area contributed by atoms with Crippen LogP contribution in [0.5, 0.6) is 0 Å². The molecule has 0 N–H and O–H groups in total. The Morgan fingerprint density at radius 3 is 2.38 bits per heavy atom. The first-order chi connectivity index (χ1) is 7.76. The van der Waals surface area contributed by atoms with Crippen molar-refractivity contribution in [3.05, 3.63) is 65.3 Å². The summed E-state index contributed by atoms with van der Waals surface area (Å²) >= 11 is 0. The van der Waals surface area contributed by atoms with E-state index in [1.807, 2.05) is 6.92 Å². The van der Waals surface area contributed by atoms with Crippen LogP contribution < -0.4 is 0 Å². The molecule has 0 heteroatoms. The van der Waals surface area contributed by atoms with Crippen LogP contribution in [0.3, 0.4) is 0 Å². The zero-order valence-electron chi connectivity index (χ0n) is 10.4. The van der Waals surface area contributed by atoms with Crippen LogP contribution in [0.1, 0.15) is 31.4 Å². The Morgan fingerprint density at radius 1 is 1.12 bits per heavy atom. The molecule has 16 heavy (non-hydrogen) atoms. The molecule has 0 amide bonds. The van der Waals surface area contributed by atoms with Crippen LogP contribution in [0.25, 0.3) is 6.08 Å². The van der Waals surface area contributed by atoms with Gasteiger partial charge in [0, 0.05) is 0 Å². The first kappa shape index (κ1) is 12.5. The summed E-state index contributed by atoms with van der Waals surface area (Å²) in [5.74, 6) is 0. The van der Waals surface area contributed by atoms with Crippen molar-refractivity contribution in [3.63, 3.8) is 0 Å². The number of hydrogen-bond donors (Lipinski definition) is 0. The Balaban J connectivity index is 2.78. The smallest absolute Gasteiger partial charge is 0.0256 e. The topological polar surface area (TPSA) is 0 Å². The fraction of sp³-hybridized carbons (Fsp3) is 0.250. The molecule has 0 fully saturated rings. The summed E-state index contributed by atoms with van der Waals surface area (Å²) in [6, 6.07) is 8.56. The third kappa shape index (κ3) is 4.31. The minimum atomic E-state index is 1.07. The normalized spacial score (nSPS) is 12.8. The molecule has 0 atom stereocenters. The van der Waals surface area contributed by atoms with E-state index in [-0.39, 0.29) is 0 Å². The van der Waals surface area contributed by atoms with Crippen LogP contribution in [0.2, 0.25) is 0 Å². The van der Waals surface area contributed by atoms with Gasteiger partial charge in [-0.3, -0.25) is 0 Å². The second-order valence-electron chi connectivity index (χ2n) is 3.86. The van der Waals surface area contributed by atoms with Crippen molar-refractivity contribution < 1.29 is 0 Å². The van der Waals surface area contributed by atoms with E-state index in [0.717, 1.165) is 6.42 Å². The van der Waals surface area contributed by atoms with Crippen LogP contribution in [-0.2, 0) is 0 Å². The monoisotopic (exact) mass is 212 g/mol. The second-order valence-corrected chi connectivity index (χ2v) is 3.86. The summed E-state index contributed by atoms with van der Waals surface area (Å²) in [6.45, 7) is 6.31. The van der Waals surface area contributed by atoms with Crippen LogP contribution in [0.15, 0.2) is 54.1 Å². The summed E-state index contributed by atoms with van der Waals surface area (Å²) in [5, 5.41) is 0. The molecule has 0 unspecified atom stereocenters. The van der Waals surface area contributed by atoms with Gasteiger partial charge in [0.15, 0.2) is 0 Å². The Kier molecular flexibility index (Phi) is 5.35. The molecule has 0 aliphatic carbocycles. The summed E-state index contributed by atoms with van der Waals surface area (Å²) in [5.41, 5.74) is 3.82. The van der Waals surface area contributed by atoms with Gasteiger partial charge in [-0.15, -0.1) is 0 Å². The summed E-state index contributed by atoms with van der Waals surface area (Å²) < 4.78 is 0. The van der Waals surface area contributed by atoms with E-state index in [2.05, 4.69) is 68.5 Å². The standard InChI is InChI=1S/C16H20/c1-4-6-15(7-5-2)12-13-16-10-8-14(3)9-11-16/h4,6-13H,5H2,1-3H3/b6-4-,13-12+,15-7+. The number of aryl methyl sites for hydroxylation is 1. The van der Waals surface area contributed by atoms with Gasteiger partial charge < -0.3 is 0 Å². The Bertz CT molecular complexity index is 389. The van der Waals surface area contributed by atoms with Crippen LogP contribution >= 0.6 is 0 Å². The average Bonchev–Trinajstić information content (AvgIpc) is 2.29. The van der Waals surface area contributed by atoms with E-state index in [9.17, 15) is 0 Å². The second kappa shape index (κ2) is 6.84. The minimum Gasteiger partial charge on any atom is -0.0871 e. The average molecular weight is 212 g/mol. The van der Waals surface area contributed by atoms with E-state index in [1.54, 1.807) is 0 Å². The van der Waals surface area contributed by atoms with Crippen molar-refractivity contribution >= 4 is 6.08 Å². The highest BCUT2D eigenvalue weighted by molar-refractivity contribution is 5.54. The zero-order chi connectivity index (χ0) is 11.8. The van der Waals surface area contributed by atoms with Crippen molar-refractivity contribution in [3.8, 4) is 0 Å². The van der Waals surface area contributed by atoms with E-state index in [4.69, 9.17) is 0 Å². The minimum absolute atomic E-state index is 1.07. The van der Waals surface area contributed by atoms with Gasteiger partial charge >= 0.3 is 0 Å². The van der Waals surface area contributed by atoms with Gasteiger partial charge in [-0.25, -0.2) is 0 Å². The Hall–Kier alpha value is -1.56. The molecule has 0 heterocycles. The van der Waals surface area contributed by atoms with E-state index < -0.39 is 0 Å². The maximum atomic E-state index is 2.23. The maximum absolute atomic E-state index is 2.23. The SMILES string of the molecule is C\C=C/C(/C=C/c1ccc(C)cc1)=C\CC. The number of allylic oxidation sites excluding steroid dienone is 5. The lowest BCUT2D eigenvalue weighted by molar-refractivity contribution is 1.21. The van der Waals surface area contributed by atoms with Gasteiger partial charge in [0.1, 0.15) is 0 Å². The molecule has 0 spiro atoms. The van der Waals surface area contributed by atoms with Gasteiger partial charge in [-0.1, -0.05) is 67.1 Å². The van der Waals surface area contributed by atoms with Crippen molar-refractivity contribution in [2.75, 3.05) is 0 Å². The third-order valence-corrected chi connectivity index (χ3v) is 2.34. The molecule has 1 rings (SSSR count). The third-order valence-electron chi connectivity index (χ3n) is 2.34. The molecule has 0 saturated heterocycles. The van der Waals surface area contributed by atoms with E-state index >= 15 is 0 Å². The molecule has 0 aliphatic heterocycles. The quantitative estimate of drug-likeness (QED) is 0.621. The lowest BCUT2D eigenvalue weighted by Crippen LogP contribution is -1.75. The molecular weight excluding hydrogens is 192 g/mol. The fourth-order valence-corrected chi connectivity index (χ4v) is 1.49. The van der Waals surface area contributed by atoms with E-state index in [0.29, 0.717) is 0 Å². The maximum Gasteiger partial charge on any atom is -0.0256 e. The summed E-state index contributed by atoms with van der Waals surface area (Å²) in [4.78, 5) is 0. The Morgan fingerprint density at radius 2 is 1.81 bits per heavy atom. The van der Waals surface area contributed by atoms with Gasteiger partial charge in [0.2, 0.25) is 0 Å². The molecule has 0 bridgehead atoms. The highest BCUT2D eigenvalue weighted by Crippen LogP contribution is 2.08. The number of hydrogen-bond acceptors (Lipinski definition) is 0. The van der Waals surface area contributed by atoms with Crippen molar-refractivity contribution in [1.29, 1.82) is 0 Å². The summed E-state index contributed by atoms with van der Waals surface area (Å²) in [7, 11) is 0. The lowest BCUT2D eigenvalue weighted by atomic mass is 10.1. The van der Waals surface area contributed by atoms with Crippen molar-refractivity contribution in [2.45, 2.75) is 27.2 Å². The molecule has 0 aliphatic rings. The van der Waals surface area contributed by atoms with Crippen molar-refractivity contribution in [2.24, 2.45) is 0 Å². The molecular formula is C16H20. The Labute approximate surface area is 99.0 Å². The highest BCUT2D eigenvalue weighted by atomic mass is 13.9.